The van der Waals surface area contributed by atoms with E-state index in [4.69, 9.17) is 0 Å². The predicted molar refractivity (Wildman–Crippen MR) is 48.1 cm³/mol. The Morgan fingerprint density at radius 1 is 1.29 bits per heavy atom. The normalized spacial score (nSPS) is 11.1. The molecule has 0 fully saturated rings. The van der Waals surface area contributed by atoms with Crippen molar-refractivity contribution in [2.24, 2.45) is 0 Å². The summed E-state index contributed by atoms with van der Waals surface area (Å²) in [6.45, 7) is 0. The van der Waals surface area contributed by atoms with Crippen molar-refractivity contribution in [1.82, 2.24) is 0 Å². The third kappa shape index (κ3) is 2.93. The Labute approximate surface area is 78.8 Å². The number of rotatable bonds is 3. The van der Waals surface area contributed by atoms with Crippen molar-refractivity contribution in [1.29, 1.82) is 0 Å². The van der Waals surface area contributed by atoms with Gasteiger partial charge in [0.2, 0.25) is 0 Å². The fourth-order valence-electron chi connectivity index (χ4n) is 0.891. The minimum Gasteiger partial charge on any atom is -0.258 e. The van der Waals surface area contributed by atoms with Gasteiger partial charge in [0.15, 0.2) is 0 Å². The van der Waals surface area contributed by atoms with Crippen molar-refractivity contribution in [3.63, 3.8) is 0 Å². The van der Waals surface area contributed by atoms with Crippen LogP contribution in [0.25, 0.3) is 6.08 Å². The molecule has 0 atom stereocenters. The number of halogens is 2. The Morgan fingerprint density at radius 2 is 1.86 bits per heavy atom. The minimum atomic E-state index is -2.51. The maximum atomic E-state index is 11.7. The molecule has 3 nitrogen and oxygen atoms in total. The summed E-state index contributed by atoms with van der Waals surface area (Å²) in [5.74, 6) is 0. The summed E-state index contributed by atoms with van der Waals surface area (Å²) in [5, 5.41) is 10.2. The van der Waals surface area contributed by atoms with Crippen LogP contribution in [0.3, 0.4) is 0 Å². The first-order valence-corrected chi connectivity index (χ1v) is 3.80. The molecule has 1 aromatic carbocycles. The first-order valence-electron chi connectivity index (χ1n) is 3.80. The molecule has 0 N–H and O–H groups in total. The van der Waals surface area contributed by atoms with E-state index in [0.717, 1.165) is 6.08 Å². The quantitative estimate of drug-likeness (QED) is 0.554. The molecule has 5 heteroatoms. The molecule has 0 heterocycles. The number of allylic oxidation sites excluding steroid dienone is 1. The molecule has 0 aliphatic heterocycles. The average Bonchev–Trinajstić information content (AvgIpc) is 2.15. The highest BCUT2D eigenvalue weighted by atomic mass is 19.3. The first-order chi connectivity index (χ1) is 6.59. The Bertz CT molecular complexity index is 346. The molecule has 0 radical (unpaired) electrons. The van der Waals surface area contributed by atoms with Gasteiger partial charge in [-0.1, -0.05) is 6.08 Å². The molecular weight excluding hydrogens is 192 g/mol. The van der Waals surface area contributed by atoms with Gasteiger partial charge in [-0.25, -0.2) is 8.78 Å². The highest BCUT2D eigenvalue weighted by molar-refractivity contribution is 5.51. The fourth-order valence-corrected chi connectivity index (χ4v) is 0.891. The SMILES string of the molecule is O=[N+]([O-])c1ccc(/C=C/C(F)F)cc1. The molecule has 0 bridgehead atoms. The lowest BCUT2D eigenvalue weighted by atomic mass is 10.2. The van der Waals surface area contributed by atoms with Gasteiger partial charge in [-0.05, 0) is 23.8 Å². The van der Waals surface area contributed by atoms with Crippen LogP contribution in [-0.2, 0) is 0 Å². The van der Waals surface area contributed by atoms with Crippen molar-refractivity contribution in [2.45, 2.75) is 6.43 Å². The largest absolute Gasteiger partial charge is 0.269 e. The highest BCUT2D eigenvalue weighted by Gasteiger charge is 2.02. The third-order valence-electron chi connectivity index (χ3n) is 1.54. The lowest BCUT2D eigenvalue weighted by Gasteiger charge is -1.93. The first kappa shape index (κ1) is 10.3. The molecule has 1 rings (SSSR count). The van der Waals surface area contributed by atoms with Gasteiger partial charge >= 0.3 is 0 Å². The summed E-state index contributed by atoms with van der Waals surface area (Å²) >= 11 is 0. The molecule has 0 saturated heterocycles. The number of hydrogen-bond donors (Lipinski definition) is 0. The van der Waals surface area contributed by atoms with Crippen molar-refractivity contribution in [3.8, 4) is 0 Å². The van der Waals surface area contributed by atoms with E-state index < -0.39 is 11.3 Å². The van der Waals surface area contributed by atoms with Crippen LogP contribution in [0.4, 0.5) is 14.5 Å². The summed E-state index contributed by atoms with van der Waals surface area (Å²) in [6.07, 6.45) is -0.569. The summed E-state index contributed by atoms with van der Waals surface area (Å²) in [7, 11) is 0. The monoisotopic (exact) mass is 199 g/mol. The van der Waals surface area contributed by atoms with Gasteiger partial charge in [0.1, 0.15) is 0 Å². The van der Waals surface area contributed by atoms with Crippen LogP contribution in [-0.4, -0.2) is 11.3 Å². The van der Waals surface area contributed by atoms with Crippen LogP contribution in [0, 0.1) is 10.1 Å². The zero-order chi connectivity index (χ0) is 10.6. The molecule has 74 valence electrons. The second kappa shape index (κ2) is 4.45. The van der Waals surface area contributed by atoms with E-state index in [0.29, 0.717) is 5.56 Å². The van der Waals surface area contributed by atoms with Gasteiger partial charge in [-0.3, -0.25) is 10.1 Å². The molecule has 0 aromatic heterocycles. The van der Waals surface area contributed by atoms with Crippen molar-refractivity contribution < 1.29 is 13.7 Å². The molecule has 0 aliphatic rings. The molecular formula is C9H7F2NO2. The van der Waals surface area contributed by atoms with Gasteiger partial charge in [-0.2, -0.15) is 0 Å². The Morgan fingerprint density at radius 3 is 2.29 bits per heavy atom. The third-order valence-corrected chi connectivity index (χ3v) is 1.54. The smallest absolute Gasteiger partial charge is 0.258 e. The predicted octanol–water partition coefficient (Wildman–Crippen LogP) is 2.87. The summed E-state index contributed by atoms with van der Waals surface area (Å²) in [4.78, 5) is 9.70. The number of non-ortho nitro benzene ring substituents is 1. The van der Waals surface area contributed by atoms with Crippen molar-refractivity contribution in [2.75, 3.05) is 0 Å². The van der Waals surface area contributed by atoms with E-state index in [2.05, 4.69) is 0 Å². The second-order valence-electron chi connectivity index (χ2n) is 2.54. The molecule has 1 aromatic rings. The maximum Gasteiger partial charge on any atom is 0.269 e. The number of benzene rings is 1. The van der Waals surface area contributed by atoms with E-state index in [1.807, 2.05) is 0 Å². The van der Waals surface area contributed by atoms with Crippen molar-refractivity contribution in [3.05, 3.63) is 46.0 Å². The van der Waals surface area contributed by atoms with Crippen molar-refractivity contribution >= 4 is 11.8 Å². The van der Waals surface area contributed by atoms with Gasteiger partial charge in [0.05, 0.1) is 4.92 Å². The second-order valence-corrected chi connectivity index (χ2v) is 2.54. The lowest BCUT2D eigenvalue weighted by molar-refractivity contribution is -0.384. The number of hydrogen-bond acceptors (Lipinski definition) is 2. The molecule has 14 heavy (non-hydrogen) atoms. The van der Waals surface area contributed by atoms with E-state index in [-0.39, 0.29) is 5.69 Å². The Kier molecular flexibility index (Phi) is 3.28. The number of alkyl halides is 2. The number of nitro benzene ring substituents is 1. The summed E-state index contributed by atoms with van der Waals surface area (Å²) in [5.41, 5.74) is 0.454. The van der Waals surface area contributed by atoms with E-state index in [1.165, 1.54) is 30.3 Å². The molecule has 0 aliphatic carbocycles. The van der Waals surface area contributed by atoms with Gasteiger partial charge in [0, 0.05) is 12.1 Å². The highest BCUT2D eigenvalue weighted by Crippen LogP contribution is 2.13. The summed E-state index contributed by atoms with van der Waals surface area (Å²) < 4.78 is 23.5. The fraction of sp³-hybridized carbons (Fsp3) is 0.111. The average molecular weight is 199 g/mol. The van der Waals surface area contributed by atoms with E-state index >= 15 is 0 Å². The molecule has 0 saturated carbocycles. The zero-order valence-corrected chi connectivity index (χ0v) is 7.06. The topological polar surface area (TPSA) is 43.1 Å². The van der Waals surface area contributed by atoms with Gasteiger partial charge in [-0.15, -0.1) is 0 Å². The number of nitrogens with zero attached hydrogens (tertiary/aromatic N) is 1. The van der Waals surface area contributed by atoms with Crippen LogP contribution >= 0.6 is 0 Å². The minimum absolute atomic E-state index is 0.0563. The van der Waals surface area contributed by atoms with E-state index in [1.54, 1.807) is 0 Å². The Hall–Kier alpha value is -1.78. The lowest BCUT2D eigenvalue weighted by Crippen LogP contribution is -1.87. The van der Waals surface area contributed by atoms with Crippen LogP contribution in [0.5, 0.6) is 0 Å². The molecule has 0 amide bonds. The van der Waals surface area contributed by atoms with Gasteiger partial charge in [0.25, 0.3) is 12.1 Å². The molecule has 0 unspecified atom stereocenters. The zero-order valence-electron chi connectivity index (χ0n) is 7.06. The van der Waals surface area contributed by atoms with Gasteiger partial charge < -0.3 is 0 Å². The summed E-state index contributed by atoms with van der Waals surface area (Å²) in [6, 6.07) is 5.37. The number of nitro groups is 1. The van der Waals surface area contributed by atoms with Crippen LogP contribution < -0.4 is 0 Å². The van der Waals surface area contributed by atoms with Crippen LogP contribution in [0.1, 0.15) is 5.56 Å². The molecule has 0 spiro atoms. The Balaban J connectivity index is 2.78. The standard InChI is InChI=1S/C9H7F2NO2/c10-9(11)6-3-7-1-4-8(5-2-7)12(13)14/h1-6,9H/b6-3+. The van der Waals surface area contributed by atoms with E-state index in [9.17, 15) is 18.9 Å². The van der Waals surface area contributed by atoms with Crippen LogP contribution in [0.15, 0.2) is 30.3 Å². The maximum absolute atomic E-state index is 11.7. The van der Waals surface area contributed by atoms with Crippen LogP contribution in [0.2, 0.25) is 0 Å².